The molecule has 15 heavy (non-hydrogen) atoms. The Morgan fingerprint density at radius 1 is 1.60 bits per heavy atom. The predicted molar refractivity (Wildman–Crippen MR) is 59.6 cm³/mol. The highest BCUT2D eigenvalue weighted by molar-refractivity contribution is 7.13. The fraction of sp³-hybridized carbons (Fsp3) is 0.200. The minimum Gasteiger partial charge on any atom is -0.459 e. The molecule has 5 heteroatoms. The van der Waals surface area contributed by atoms with Gasteiger partial charge < -0.3 is 4.42 Å². The van der Waals surface area contributed by atoms with Gasteiger partial charge in [-0.25, -0.2) is 4.98 Å². The molecule has 0 aromatic carbocycles. The monoisotopic (exact) mass is 241 g/mol. The molecule has 0 radical (unpaired) electrons. The second-order valence-electron chi connectivity index (χ2n) is 3.01. The van der Waals surface area contributed by atoms with E-state index in [1.807, 2.05) is 19.1 Å². The van der Waals surface area contributed by atoms with E-state index in [0.29, 0.717) is 16.5 Å². The van der Waals surface area contributed by atoms with Gasteiger partial charge in [0.1, 0.15) is 11.5 Å². The first kappa shape index (κ1) is 10.4. The number of hydrogen-bond donors (Lipinski definition) is 0. The second kappa shape index (κ2) is 4.16. The summed E-state index contributed by atoms with van der Waals surface area (Å²) >= 11 is 6.81. The van der Waals surface area contributed by atoms with Gasteiger partial charge in [-0.2, -0.15) is 0 Å². The number of carbonyl (C=O) groups is 1. The molecular weight excluding hydrogens is 234 g/mol. The number of rotatable bonds is 3. The van der Waals surface area contributed by atoms with Crippen LogP contribution in [0.4, 0.5) is 0 Å². The molecule has 0 aliphatic heterocycles. The molecule has 78 valence electrons. The van der Waals surface area contributed by atoms with E-state index >= 15 is 0 Å². The summed E-state index contributed by atoms with van der Waals surface area (Å²) < 4.78 is 5.40. The third-order valence-electron chi connectivity index (χ3n) is 1.86. The molecule has 0 atom stereocenters. The van der Waals surface area contributed by atoms with E-state index in [0.717, 1.165) is 5.76 Å². The Kier molecular flexibility index (Phi) is 2.88. The van der Waals surface area contributed by atoms with Crippen molar-refractivity contribution in [1.82, 2.24) is 4.98 Å². The molecular formula is C10H8ClNO2S. The van der Waals surface area contributed by atoms with Crippen molar-refractivity contribution in [3.63, 3.8) is 0 Å². The van der Waals surface area contributed by atoms with Gasteiger partial charge in [0.2, 0.25) is 0 Å². The van der Waals surface area contributed by atoms with Crippen LogP contribution in [0, 0.1) is 6.92 Å². The summed E-state index contributed by atoms with van der Waals surface area (Å²) in [6.45, 7) is 1.86. The van der Waals surface area contributed by atoms with Crippen LogP contribution >= 0.6 is 22.9 Å². The fourth-order valence-corrected chi connectivity index (χ4v) is 2.05. The summed E-state index contributed by atoms with van der Waals surface area (Å²) in [7, 11) is 0. The molecule has 0 spiro atoms. The summed E-state index contributed by atoms with van der Waals surface area (Å²) in [5, 5.41) is 2.40. The number of ketones is 1. The number of thiazole rings is 1. The number of aryl methyl sites for hydroxylation is 1. The maximum absolute atomic E-state index is 11.2. The topological polar surface area (TPSA) is 43.1 Å². The standard InChI is InChI=1S/C10H8ClNO2S/c1-6-2-3-9(14-6)10-12-7(5-15-10)8(13)4-11/h2-3,5H,4H2,1H3. The Morgan fingerprint density at radius 2 is 2.40 bits per heavy atom. The molecule has 0 aliphatic carbocycles. The molecule has 2 heterocycles. The zero-order valence-corrected chi connectivity index (χ0v) is 9.56. The molecule has 0 amide bonds. The van der Waals surface area contributed by atoms with Crippen molar-refractivity contribution in [2.24, 2.45) is 0 Å². The molecule has 2 aromatic heterocycles. The van der Waals surface area contributed by atoms with Crippen LogP contribution in [0.15, 0.2) is 21.9 Å². The minimum absolute atomic E-state index is 0.0413. The zero-order valence-electron chi connectivity index (χ0n) is 7.99. The van der Waals surface area contributed by atoms with Gasteiger partial charge >= 0.3 is 0 Å². The van der Waals surface area contributed by atoms with Gasteiger partial charge in [-0.05, 0) is 19.1 Å². The summed E-state index contributed by atoms with van der Waals surface area (Å²) in [5.41, 5.74) is 0.402. The zero-order chi connectivity index (χ0) is 10.8. The molecule has 2 aromatic rings. The normalized spacial score (nSPS) is 10.5. The lowest BCUT2D eigenvalue weighted by Gasteiger charge is -1.89. The summed E-state index contributed by atoms with van der Waals surface area (Å²) in [5.74, 6) is 1.30. The third-order valence-corrected chi connectivity index (χ3v) is 2.96. The van der Waals surface area contributed by atoms with Gasteiger partial charge in [0.05, 0.1) is 5.88 Å². The van der Waals surface area contributed by atoms with Gasteiger partial charge in [-0.15, -0.1) is 22.9 Å². The molecule has 0 aliphatic rings. The van der Waals surface area contributed by atoms with Gasteiger partial charge in [-0.3, -0.25) is 4.79 Å². The lowest BCUT2D eigenvalue weighted by molar-refractivity contribution is 0.101. The number of alkyl halides is 1. The Bertz CT molecular complexity index is 489. The van der Waals surface area contributed by atoms with E-state index in [2.05, 4.69) is 4.98 Å². The number of furan rings is 1. The molecule has 0 unspecified atom stereocenters. The Labute approximate surface area is 95.7 Å². The highest BCUT2D eigenvalue weighted by Gasteiger charge is 2.12. The van der Waals surface area contributed by atoms with Crippen molar-refractivity contribution < 1.29 is 9.21 Å². The first-order chi connectivity index (χ1) is 7.20. The maximum atomic E-state index is 11.2. The van der Waals surface area contributed by atoms with Crippen LogP contribution in [0.1, 0.15) is 16.2 Å². The van der Waals surface area contributed by atoms with E-state index in [9.17, 15) is 4.79 Å². The number of hydrogen-bond acceptors (Lipinski definition) is 4. The Balaban J connectivity index is 2.31. The Hall–Kier alpha value is -1.13. The summed E-state index contributed by atoms with van der Waals surface area (Å²) in [6.07, 6.45) is 0. The van der Waals surface area contributed by atoms with Crippen LogP contribution in [0.2, 0.25) is 0 Å². The quantitative estimate of drug-likeness (QED) is 0.613. The number of carbonyl (C=O) groups excluding carboxylic acids is 1. The number of nitrogens with zero attached hydrogens (tertiary/aromatic N) is 1. The van der Waals surface area contributed by atoms with Crippen LogP contribution in [0.25, 0.3) is 10.8 Å². The highest BCUT2D eigenvalue weighted by Crippen LogP contribution is 2.25. The van der Waals surface area contributed by atoms with E-state index in [1.54, 1.807) is 5.38 Å². The molecule has 2 rings (SSSR count). The van der Waals surface area contributed by atoms with E-state index in [-0.39, 0.29) is 11.7 Å². The first-order valence-electron chi connectivity index (χ1n) is 4.32. The SMILES string of the molecule is Cc1ccc(-c2nc(C(=O)CCl)cs2)o1. The van der Waals surface area contributed by atoms with Crippen LogP contribution in [-0.2, 0) is 0 Å². The molecule has 3 nitrogen and oxygen atoms in total. The van der Waals surface area contributed by atoms with Crippen molar-refractivity contribution in [2.75, 3.05) is 5.88 Å². The average Bonchev–Trinajstić information content (AvgIpc) is 2.84. The van der Waals surface area contributed by atoms with Crippen LogP contribution in [-0.4, -0.2) is 16.6 Å². The maximum Gasteiger partial charge on any atom is 0.196 e. The minimum atomic E-state index is -0.164. The largest absolute Gasteiger partial charge is 0.459 e. The average molecular weight is 242 g/mol. The van der Waals surface area contributed by atoms with Gasteiger partial charge in [-0.1, -0.05) is 0 Å². The molecule has 0 N–H and O–H groups in total. The summed E-state index contributed by atoms with van der Waals surface area (Å²) in [6, 6.07) is 3.70. The van der Waals surface area contributed by atoms with Crippen LogP contribution in [0.3, 0.4) is 0 Å². The van der Waals surface area contributed by atoms with Crippen molar-refractivity contribution in [2.45, 2.75) is 6.92 Å². The molecule has 0 saturated carbocycles. The number of halogens is 1. The van der Waals surface area contributed by atoms with Crippen molar-refractivity contribution in [1.29, 1.82) is 0 Å². The Morgan fingerprint density at radius 3 is 3.00 bits per heavy atom. The van der Waals surface area contributed by atoms with Gasteiger partial charge in [0, 0.05) is 5.38 Å². The highest BCUT2D eigenvalue weighted by atomic mass is 35.5. The van der Waals surface area contributed by atoms with E-state index in [4.69, 9.17) is 16.0 Å². The van der Waals surface area contributed by atoms with Crippen molar-refractivity contribution in [3.05, 3.63) is 29.0 Å². The molecule has 0 fully saturated rings. The van der Waals surface area contributed by atoms with Gasteiger partial charge in [0.25, 0.3) is 0 Å². The predicted octanol–water partition coefficient (Wildman–Crippen LogP) is 3.13. The number of Topliss-reactive ketones (excluding diaryl/α,β-unsaturated/α-hetero) is 1. The second-order valence-corrected chi connectivity index (χ2v) is 4.13. The lowest BCUT2D eigenvalue weighted by atomic mass is 10.3. The van der Waals surface area contributed by atoms with Crippen molar-refractivity contribution >= 4 is 28.7 Å². The van der Waals surface area contributed by atoms with Gasteiger partial charge in [0.15, 0.2) is 16.6 Å². The first-order valence-corrected chi connectivity index (χ1v) is 5.73. The van der Waals surface area contributed by atoms with Crippen LogP contribution < -0.4 is 0 Å². The van der Waals surface area contributed by atoms with Crippen LogP contribution in [0.5, 0.6) is 0 Å². The third kappa shape index (κ3) is 2.11. The van der Waals surface area contributed by atoms with E-state index in [1.165, 1.54) is 11.3 Å². The molecule has 0 bridgehead atoms. The summed E-state index contributed by atoms with van der Waals surface area (Å²) in [4.78, 5) is 15.4. The molecule has 0 saturated heterocycles. The lowest BCUT2D eigenvalue weighted by Crippen LogP contribution is -1.99. The van der Waals surface area contributed by atoms with E-state index < -0.39 is 0 Å². The van der Waals surface area contributed by atoms with Crippen molar-refractivity contribution in [3.8, 4) is 10.8 Å². The smallest absolute Gasteiger partial charge is 0.196 e. The fourth-order valence-electron chi connectivity index (χ4n) is 1.13. The number of aromatic nitrogens is 1.